The minimum Gasteiger partial charge on any atom is -0.495 e. The molecule has 5 nitrogen and oxygen atoms in total. The molecule has 0 radical (unpaired) electrons. The highest BCUT2D eigenvalue weighted by molar-refractivity contribution is 9.10. The predicted octanol–water partition coefficient (Wildman–Crippen LogP) is 1.67. The van der Waals surface area contributed by atoms with E-state index in [1.165, 1.54) is 14.2 Å². The first-order valence-electron chi connectivity index (χ1n) is 4.89. The number of rotatable bonds is 4. The van der Waals surface area contributed by atoms with E-state index in [4.69, 9.17) is 9.47 Å². The van der Waals surface area contributed by atoms with Crippen molar-refractivity contribution in [1.29, 1.82) is 0 Å². The van der Waals surface area contributed by atoms with E-state index >= 15 is 0 Å². The number of methoxy groups -OCH3 is 2. The highest BCUT2D eigenvalue weighted by Gasteiger charge is 2.14. The first-order valence-corrected chi connectivity index (χ1v) is 5.68. The van der Waals surface area contributed by atoms with Gasteiger partial charge in [-0.25, -0.2) is 5.01 Å². The highest BCUT2D eigenvalue weighted by Crippen LogP contribution is 2.35. The summed E-state index contributed by atoms with van der Waals surface area (Å²) in [6.45, 7) is 0. The smallest absolute Gasteiger partial charge is 0.265 e. The van der Waals surface area contributed by atoms with E-state index < -0.39 is 0 Å². The van der Waals surface area contributed by atoms with E-state index in [1.807, 2.05) is 0 Å². The lowest BCUT2D eigenvalue weighted by Crippen LogP contribution is -2.36. The minimum atomic E-state index is -0.223. The fourth-order valence-electron chi connectivity index (χ4n) is 1.27. The number of hydrazine groups is 1. The third-order valence-corrected chi connectivity index (χ3v) is 2.81. The number of halogens is 1. The Balaban J connectivity index is 3.12. The minimum absolute atomic E-state index is 0.223. The molecule has 0 unspecified atom stereocenters. The molecule has 0 saturated heterocycles. The molecule has 0 atom stereocenters. The summed E-state index contributed by atoms with van der Waals surface area (Å²) in [7, 11) is 6.55. The van der Waals surface area contributed by atoms with Crippen LogP contribution in [0.4, 0.5) is 0 Å². The van der Waals surface area contributed by atoms with Crippen LogP contribution in [0, 0.1) is 0 Å². The van der Waals surface area contributed by atoms with Crippen LogP contribution in [-0.2, 0) is 0 Å². The van der Waals surface area contributed by atoms with E-state index in [-0.39, 0.29) is 5.91 Å². The van der Waals surface area contributed by atoms with Gasteiger partial charge < -0.3 is 9.47 Å². The fraction of sp³-hybridized carbons (Fsp3) is 0.364. The summed E-state index contributed by atoms with van der Waals surface area (Å²) in [5, 5.41) is 1.57. The van der Waals surface area contributed by atoms with Crippen LogP contribution in [0.2, 0.25) is 0 Å². The molecule has 1 N–H and O–H groups in total. The molecule has 6 heteroatoms. The first-order chi connectivity index (χ1) is 7.99. The van der Waals surface area contributed by atoms with Gasteiger partial charge in [0.15, 0.2) is 0 Å². The number of carbonyl (C=O) groups excluding carboxylic acids is 1. The summed E-state index contributed by atoms with van der Waals surface area (Å²) >= 11 is 3.34. The van der Waals surface area contributed by atoms with Crippen molar-refractivity contribution in [2.75, 3.05) is 28.3 Å². The third-order valence-electron chi connectivity index (χ3n) is 2.03. The molecule has 0 aliphatic rings. The number of nitrogens with zero attached hydrogens (tertiary/aromatic N) is 1. The van der Waals surface area contributed by atoms with Crippen LogP contribution in [0.15, 0.2) is 16.6 Å². The molecular weight excluding hydrogens is 288 g/mol. The zero-order chi connectivity index (χ0) is 13.0. The second kappa shape index (κ2) is 5.88. The van der Waals surface area contributed by atoms with Gasteiger partial charge in [-0.15, -0.1) is 0 Å². The van der Waals surface area contributed by atoms with E-state index in [9.17, 15) is 4.79 Å². The van der Waals surface area contributed by atoms with E-state index in [0.717, 1.165) is 0 Å². The molecule has 1 amide bonds. The number of carbonyl (C=O) groups is 1. The van der Waals surface area contributed by atoms with Gasteiger partial charge in [-0.3, -0.25) is 10.2 Å². The maximum atomic E-state index is 11.8. The number of hydrogen-bond donors (Lipinski definition) is 1. The van der Waals surface area contributed by atoms with Crippen molar-refractivity contribution in [3.8, 4) is 11.5 Å². The van der Waals surface area contributed by atoms with Crippen LogP contribution in [0.3, 0.4) is 0 Å². The molecule has 1 aromatic rings. The lowest BCUT2D eigenvalue weighted by molar-refractivity contribution is 0.0856. The fourth-order valence-corrected chi connectivity index (χ4v) is 1.82. The predicted molar refractivity (Wildman–Crippen MR) is 68.4 cm³/mol. The van der Waals surface area contributed by atoms with Gasteiger partial charge in [-0.1, -0.05) is 0 Å². The zero-order valence-corrected chi connectivity index (χ0v) is 11.8. The summed E-state index contributed by atoms with van der Waals surface area (Å²) in [4.78, 5) is 11.8. The van der Waals surface area contributed by atoms with Gasteiger partial charge in [0, 0.05) is 19.7 Å². The normalized spacial score (nSPS) is 10.2. The average Bonchev–Trinajstić information content (AvgIpc) is 2.28. The third kappa shape index (κ3) is 3.34. The number of benzene rings is 1. The molecule has 1 aromatic carbocycles. The Morgan fingerprint density at radius 3 is 2.06 bits per heavy atom. The van der Waals surface area contributed by atoms with Gasteiger partial charge in [-0.2, -0.15) is 0 Å². The Kier molecular flexibility index (Phi) is 4.77. The summed E-state index contributed by atoms with van der Waals surface area (Å²) in [6.07, 6.45) is 0. The van der Waals surface area contributed by atoms with E-state index in [0.29, 0.717) is 21.5 Å². The Morgan fingerprint density at radius 1 is 1.24 bits per heavy atom. The molecule has 1 rings (SSSR count). The first kappa shape index (κ1) is 13.8. The quantitative estimate of drug-likeness (QED) is 0.860. The van der Waals surface area contributed by atoms with Gasteiger partial charge in [-0.05, 0) is 28.1 Å². The van der Waals surface area contributed by atoms with Crippen LogP contribution in [-0.4, -0.2) is 39.2 Å². The molecule has 0 heterocycles. The molecule has 0 aliphatic carbocycles. The van der Waals surface area contributed by atoms with Crippen molar-refractivity contribution in [3.05, 3.63) is 22.2 Å². The molecule has 94 valence electrons. The summed E-state index contributed by atoms with van der Waals surface area (Å²) in [5.74, 6) is 0.876. The average molecular weight is 303 g/mol. The van der Waals surface area contributed by atoms with Gasteiger partial charge in [0.2, 0.25) is 0 Å². The monoisotopic (exact) mass is 302 g/mol. The molecule has 0 aliphatic heterocycles. The Morgan fingerprint density at radius 2 is 1.71 bits per heavy atom. The molecule has 0 aromatic heterocycles. The Hall–Kier alpha value is -1.27. The van der Waals surface area contributed by atoms with Crippen LogP contribution >= 0.6 is 15.9 Å². The largest absolute Gasteiger partial charge is 0.495 e. The molecule has 0 fully saturated rings. The summed E-state index contributed by atoms with van der Waals surface area (Å²) in [5.41, 5.74) is 3.12. The van der Waals surface area contributed by atoms with Crippen LogP contribution in [0.25, 0.3) is 0 Å². The molecule has 0 spiro atoms. The van der Waals surface area contributed by atoms with Crippen LogP contribution in [0.5, 0.6) is 11.5 Å². The standard InChI is InChI=1S/C11H15BrN2O3/c1-14(2)13-11(15)7-5-8(16-3)10(12)9(6-7)17-4/h5-6H,1-4H3,(H,13,15). The van der Waals surface area contributed by atoms with Crippen molar-refractivity contribution >= 4 is 21.8 Å². The van der Waals surface area contributed by atoms with Crippen molar-refractivity contribution in [2.45, 2.75) is 0 Å². The van der Waals surface area contributed by atoms with Gasteiger partial charge >= 0.3 is 0 Å². The van der Waals surface area contributed by atoms with Crippen molar-refractivity contribution in [1.82, 2.24) is 10.4 Å². The number of hydrogen-bond acceptors (Lipinski definition) is 4. The lowest BCUT2D eigenvalue weighted by Gasteiger charge is -2.14. The van der Waals surface area contributed by atoms with Crippen molar-refractivity contribution in [3.63, 3.8) is 0 Å². The number of amides is 1. The number of nitrogens with one attached hydrogen (secondary N) is 1. The molecule has 0 bridgehead atoms. The lowest BCUT2D eigenvalue weighted by atomic mass is 10.2. The maximum Gasteiger partial charge on any atom is 0.265 e. The van der Waals surface area contributed by atoms with Gasteiger partial charge in [0.25, 0.3) is 5.91 Å². The van der Waals surface area contributed by atoms with Gasteiger partial charge in [0.1, 0.15) is 16.0 Å². The van der Waals surface area contributed by atoms with Crippen molar-refractivity contribution in [2.24, 2.45) is 0 Å². The highest BCUT2D eigenvalue weighted by atomic mass is 79.9. The van der Waals surface area contributed by atoms with Crippen LogP contribution in [0.1, 0.15) is 10.4 Å². The summed E-state index contributed by atoms with van der Waals surface area (Å²) < 4.78 is 11.0. The molecule has 0 saturated carbocycles. The molecular formula is C11H15BrN2O3. The maximum absolute atomic E-state index is 11.8. The SMILES string of the molecule is COc1cc(C(=O)NN(C)C)cc(OC)c1Br. The summed E-state index contributed by atoms with van der Waals surface area (Å²) in [6, 6.07) is 3.29. The van der Waals surface area contributed by atoms with E-state index in [2.05, 4.69) is 21.4 Å². The van der Waals surface area contributed by atoms with E-state index in [1.54, 1.807) is 31.2 Å². The topological polar surface area (TPSA) is 50.8 Å². The van der Waals surface area contributed by atoms with Crippen LogP contribution < -0.4 is 14.9 Å². The van der Waals surface area contributed by atoms with Crippen molar-refractivity contribution < 1.29 is 14.3 Å². The second-order valence-electron chi connectivity index (χ2n) is 3.53. The van der Waals surface area contributed by atoms with Gasteiger partial charge in [0.05, 0.1) is 14.2 Å². The zero-order valence-electron chi connectivity index (χ0n) is 10.2. The number of ether oxygens (including phenoxy) is 2. The second-order valence-corrected chi connectivity index (χ2v) is 4.32. The molecule has 17 heavy (non-hydrogen) atoms. The Labute approximate surface area is 109 Å². The Bertz CT molecular complexity index is 396.